The smallest absolute Gasteiger partial charge is 0.157 e. The van der Waals surface area contributed by atoms with Crippen molar-refractivity contribution in [3.05, 3.63) is 36.0 Å². The molecule has 1 aliphatic rings. The highest BCUT2D eigenvalue weighted by Gasteiger charge is 2.14. The number of H-pyrrole nitrogens is 1. The minimum absolute atomic E-state index is 0.0130. The number of aromatic nitrogens is 1. The molecule has 1 fully saturated rings. The molecule has 4 heteroatoms. The number of benzene rings is 1. The van der Waals surface area contributed by atoms with Crippen molar-refractivity contribution >= 4 is 10.9 Å². The Hall–Kier alpha value is -1.36. The quantitative estimate of drug-likeness (QED) is 0.887. The van der Waals surface area contributed by atoms with E-state index in [4.69, 9.17) is 9.47 Å². The molecule has 1 saturated heterocycles. The molecule has 0 bridgehead atoms. The number of hydrogen-bond donors (Lipinski definition) is 1. The second kappa shape index (κ2) is 7.07. The maximum Gasteiger partial charge on any atom is 0.157 e. The molecule has 3 rings (SSSR count). The van der Waals surface area contributed by atoms with Crippen LogP contribution in [-0.4, -0.2) is 43.0 Å². The summed E-state index contributed by atoms with van der Waals surface area (Å²) in [7, 11) is 2.13. The Morgan fingerprint density at radius 1 is 1.33 bits per heavy atom. The lowest BCUT2D eigenvalue weighted by atomic mass is 10.1. The fourth-order valence-electron chi connectivity index (χ4n) is 2.83. The number of nitrogens with one attached hydrogen (secondary N) is 1. The van der Waals surface area contributed by atoms with Gasteiger partial charge in [0.05, 0.1) is 6.61 Å². The van der Waals surface area contributed by atoms with Crippen molar-refractivity contribution in [2.45, 2.75) is 32.1 Å². The van der Waals surface area contributed by atoms with Gasteiger partial charge in [-0.3, -0.25) is 4.90 Å². The first-order valence-corrected chi connectivity index (χ1v) is 7.79. The van der Waals surface area contributed by atoms with Gasteiger partial charge in [-0.25, -0.2) is 0 Å². The Kier molecular flexibility index (Phi) is 4.91. The number of fused-ring (bicyclic) bond motifs is 1. The largest absolute Gasteiger partial charge is 0.361 e. The highest BCUT2D eigenvalue weighted by atomic mass is 16.7. The van der Waals surface area contributed by atoms with Gasteiger partial charge in [0, 0.05) is 31.4 Å². The molecule has 1 atom stereocenters. The number of aromatic amines is 1. The molecule has 1 N–H and O–H groups in total. The summed E-state index contributed by atoms with van der Waals surface area (Å²) in [6.45, 7) is 3.40. The lowest BCUT2D eigenvalue weighted by Crippen LogP contribution is -2.28. The molecule has 2 aromatic rings. The minimum atomic E-state index is 0.0130. The summed E-state index contributed by atoms with van der Waals surface area (Å²) in [6, 6.07) is 8.55. The van der Waals surface area contributed by atoms with Gasteiger partial charge in [0.15, 0.2) is 6.29 Å². The summed E-state index contributed by atoms with van der Waals surface area (Å²) in [4.78, 5) is 5.61. The second-order valence-corrected chi connectivity index (χ2v) is 5.76. The van der Waals surface area contributed by atoms with Gasteiger partial charge in [0.25, 0.3) is 0 Å². The lowest BCUT2D eigenvalue weighted by molar-refractivity contribution is -0.163. The van der Waals surface area contributed by atoms with Gasteiger partial charge in [-0.15, -0.1) is 0 Å². The van der Waals surface area contributed by atoms with E-state index in [1.54, 1.807) is 0 Å². The van der Waals surface area contributed by atoms with Crippen LogP contribution in [0.3, 0.4) is 0 Å². The average Bonchev–Trinajstić information content (AvgIpc) is 2.98. The molecule has 0 radical (unpaired) electrons. The predicted molar refractivity (Wildman–Crippen MR) is 84.2 cm³/mol. The van der Waals surface area contributed by atoms with Crippen LogP contribution in [0.4, 0.5) is 0 Å². The summed E-state index contributed by atoms with van der Waals surface area (Å²) in [6.07, 6.45) is 5.43. The third kappa shape index (κ3) is 3.84. The summed E-state index contributed by atoms with van der Waals surface area (Å²) in [5, 5.41) is 1.27. The third-order valence-electron chi connectivity index (χ3n) is 4.03. The molecular weight excluding hydrogens is 264 g/mol. The van der Waals surface area contributed by atoms with E-state index in [-0.39, 0.29) is 6.29 Å². The number of rotatable bonds is 6. The van der Waals surface area contributed by atoms with Crippen LogP contribution in [0.1, 0.15) is 24.8 Å². The number of para-hydroxylation sites is 1. The number of likely N-dealkylation sites (N-methyl/N-ethyl adjacent to an activating group) is 1. The van der Waals surface area contributed by atoms with Crippen molar-refractivity contribution in [3.63, 3.8) is 0 Å². The van der Waals surface area contributed by atoms with Crippen LogP contribution in [0.25, 0.3) is 10.9 Å². The number of ether oxygens (including phenoxy) is 2. The lowest BCUT2D eigenvalue weighted by Gasteiger charge is -2.24. The molecule has 0 aliphatic carbocycles. The maximum atomic E-state index is 5.79. The average molecular weight is 288 g/mol. The van der Waals surface area contributed by atoms with E-state index in [2.05, 4.69) is 41.2 Å². The molecule has 4 nitrogen and oxygen atoms in total. The van der Waals surface area contributed by atoms with Crippen LogP contribution < -0.4 is 0 Å². The van der Waals surface area contributed by atoms with Crippen LogP contribution in [-0.2, 0) is 16.0 Å². The van der Waals surface area contributed by atoms with Crippen molar-refractivity contribution in [3.8, 4) is 0 Å². The van der Waals surface area contributed by atoms with E-state index >= 15 is 0 Å². The molecule has 0 amide bonds. The van der Waals surface area contributed by atoms with Crippen LogP contribution in [0.15, 0.2) is 30.5 Å². The summed E-state index contributed by atoms with van der Waals surface area (Å²) >= 11 is 0. The first kappa shape index (κ1) is 14.6. The van der Waals surface area contributed by atoms with Gasteiger partial charge in [-0.1, -0.05) is 18.2 Å². The monoisotopic (exact) mass is 288 g/mol. The molecule has 2 heterocycles. The van der Waals surface area contributed by atoms with E-state index < -0.39 is 0 Å². The van der Waals surface area contributed by atoms with E-state index in [9.17, 15) is 0 Å². The Morgan fingerprint density at radius 3 is 3.14 bits per heavy atom. The summed E-state index contributed by atoms with van der Waals surface area (Å²) in [5.41, 5.74) is 2.56. The van der Waals surface area contributed by atoms with Gasteiger partial charge in [-0.05, 0) is 43.3 Å². The van der Waals surface area contributed by atoms with Crippen LogP contribution in [0, 0.1) is 0 Å². The Balaban J connectivity index is 1.47. The molecule has 1 aromatic heterocycles. The topological polar surface area (TPSA) is 37.5 Å². The highest BCUT2D eigenvalue weighted by molar-refractivity contribution is 5.82. The first-order chi connectivity index (χ1) is 10.3. The predicted octanol–water partition coefficient (Wildman–Crippen LogP) is 3.14. The van der Waals surface area contributed by atoms with Crippen molar-refractivity contribution < 1.29 is 9.47 Å². The highest BCUT2D eigenvalue weighted by Crippen LogP contribution is 2.18. The molecule has 0 unspecified atom stereocenters. The normalized spacial score (nSPS) is 19.4. The number of hydrogen-bond acceptors (Lipinski definition) is 3. The fraction of sp³-hybridized carbons (Fsp3) is 0.529. The Labute approximate surface area is 126 Å². The van der Waals surface area contributed by atoms with Gasteiger partial charge in [-0.2, -0.15) is 0 Å². The zero-order chi connectivity index (χ0) is 14.5. The van der Waals surface area contributed by atoms with Crippen LogP contribution >= 0.6 is 0 Å². The van der Waals surface area contributed by atoms with Crippen molar-refractivity contribution in [2.24, 2.45) is 0 Å². The maximum absolute atomic E-state index is 5.79. The molecular formula is C17H24N2O2. The van der Waals surface area contributed by atoms with Crippen molar-refractivity contribution in [1.29, 1.82) is 0 Å². The van der Waals surface area contributed by atoms with Gasteiger partial charge in [0.2, 0.25) is 0 Å². The van der Waals surface area contributed by atoms with Gasteiger partial charge < -0.3 is 14.5 Å². The SMILES string of the molecule is CN(CCO[C@H]1CCCCO1)Cc1cccc2cc[nH]c12. The molecule has 1 aliphatic heterocycles. The molecule has 114 valence electrons. The fourth-order valence-corrected chi connectivity index (χ4v) is 2.83. The number of nitrogens with zero attached hydrogens (tertiary/aromatic N) is 1. The minimum Gasteiger partial charge on any atom is -0.361 e. The van der Waals surface area contributed by atoms with Crippen LogP contribution in [0.2, 0.25) is 0 Å². The molecule has 0 spiro atoms. The van der Waals surface area contributed by atoms with E-state index in [1.807, 2.05) is 6.20 Å². The summed E-state index contributed by atoms with van der Waals surface area (Å²) < 4.78 is 11.4. The van der Waals surface area contributed by atoms with Crippen LogP contribution in [0.5, 0.6) is 0 Å². The first-order valence-electron chi connectivity index (χ1n) is 7.79. The Morgan fingerprint density at radius 2 is 2.29 bits per heavy atom. The van der Waals surface area contributed by atoms with Crippen molar-refractivity contribution in [1.82, 2.24) is 9.88 Å². The Bertz CT molecular complexity index is 561. The second-order valence-electron chi connectivity index (χ2n) is 5.76. The molecule has 1 aromatic carbocycles. The molecule has 21 heavy (non-hydrogen) atoms. The van der Waals surface area contributed by atoms with Gasteiger partial charge in [0.1, 0.15) is 0 Å². The zero-order valence-corrected chi connectivity index (χ0v) is 12.7. The van der Waals surface area contributed by atoms with Crippen molar-refractivity contribution in [2.75, 3.05) is 26.8 Å². The standard InChI is InChI=1S/C17H24N2O2/c1-19(10-12-21-16-7-2-3-11-20-16)13-15-6-4-5-14-8-9-18-17(14)15/h4-6,8-9,16,18H,2-3,7,10-13H2,1H3/t16-/m0/s1. The molecule has 0 saturated carbocycles. The van der Waals surface area contributed by atoms with E-state index in [1.165, 1.54) is 29.3 Å². The third-order valence-corrected chi connectivity index (χ3v) is 4.03. The van der Waals surface area contributed by atoms with E-state index in [0.717, 1.165) is 32.7 Å². The zero-order valence-electron chi connectivity index (χ0n) is 12.7. The van der Waals surface area contributed by atoms with Gasteiger partial charge >= 0.3 is 0 Å². The van der Waals surface area contributed by atoms with E-state index in [0.29, 0.717) is 0 Å². The summed E-state index contributed by atoms with van der Waals surface area (Å²) in [5.74, 6) is 0.